The Labute approximate surface area is 221 Å². The lowest BCUT2D eigenvalue weighted by Crippen LogP contribution is -2.10. The van der Waals surface area contributed by atoms with Crippen molar-refractivity contribution in [3.8, 4) is 17.1 Å². The van der Waals surface area contributed by atoms with Crippen LogP contribution in [-0.4, -0.2) is 14.5 Å². The zero-order chi connectivity index (χ0) is 25.3. The van der Waals surface area contributed by atoms with Gasteiger partial charge in [0.25, 0.3) is 0 Å². The van der Waals surface area contributed by atoms with E-state index in [4.69, 9.17) is 9.97 Å². The number of rotatable bonds is 5. The van der Waals surface area contributed by atoms with E-state index in [1.807, 2.05) is 36.5 Å². The molecule has 5 aromatic carbocycles. The maximum absolute atomic E-state index is 4.99. The first-order chi connectivity index (χ1) is 18.8. The van der Waals surface area contributed by atoms with Crippen molar-refractivity contribution in [3.63, 3.8) is 0 Å². The van der Waals surface area contributed by atoms with Crippen molar-refractivity contribution in [2.24, 2.45) is 0 Å². The van der Waals surface area contributed by atoms with Crippen LogP contribution in [0.4, 0.5) is 17.1 Å². The average molecular weight is 489 g/mol. The van der Waals surface area contributed by atoms with E-state index >= 15 is 0 Å². The number of anilines is 3. The molecule has 0 saturated carbocycles. The molecule has 0 N–H and O–H groups in total. The lowest BCUT2D eigenvalue weighted by atomic mass is 10.1. The minimum atomic E-state index is 0.929. The smallest absolute Gasteiger partial charge is 0.145 e. The van der Waals surface area contributed by atoms with Gasteiger partial charge in [-0.05, 0) is 60.7 Å². The fourth-order valence-electron chi connectivity index (χ4n) is 5.02. The molecule has 0 aliphatic carbocycles. The highest BCUT2D eigenvalue weighted by Crippen LogP contribution is 2.36. The lowest BCUT2D eigenvalue weighted by Gasteiger charge is -2.25. The summed E-state index contributed by atoms with van der Waals surface area (Å²) >= 11 is 0. The third-order valence-corrected chi connectivity index (χ3v) is 6.81. The van der Waals surface area contributed by atoms with E-state index in [0.29, 0.717) is 0 Å². The Morgan fingerprint density at radius 3 is 1.95 bits per heavy atom. The second kappa shape index (κ2) is 9.34. The number of hydrogen-bond donors (Lipinski definition) is 0. The molecule has 7 aromatic rings. The van der Waals surface area contributed by atoms with Gasteiger partial charge in [-0.3, -0.25) is 9.55 Å². The van der Waals surface area contributed by atoms with E-state index in [2.05, 4.69) is 119 Å². The Kier molecular flexibility index (Phi) is 5.41. The van der Waals surface area contributed by atoms with Crippen LogP contribution in [0.2, 0.25) is 0 Å². The van der Waals surface area contributed by atoms with Gasteiger partial charge in [0.15, 0.2) is 0 Å². The minimum absolute atomic E-state index is 0.929. The van der Waals surface area contributed by atoms with Crippen molar-refractivity contribution in [2.75, 3.05) is 4.90 Å². The standard InChI is InChI=1S/C34H24N4/c1-3-11-25(12-4-1)34-36-32-17-9-10-18-33(32)38(34)29-21-19-28(20-22-29)37(27-14-5-2-6-15-27)30-23-26-13-7-8-16-31(26)35-24-30/h1-24H. The van der Waals surface area contributed by atoms with Crippen LogP contribution in [0.25, 0.3) is 39.0 Å². The van der Waals surface area contributed by atoms with Crippen LogP contribution in [0.5, 0.6) is 0 Å². The topological polar surface area (TPSA) is 34.0 Å². The highest BCUT2D eigenvalue weighted by atomic mass is 15.1. The summed E-state index contributed by atoms with van der Waals surface area (Å²) in [6.45, 7) is 0. The number of para-hydroxylation sites is 4. The molecule has 0 spiro atoms. The summed E-state index contributed by atoms with van der Waals surface area (Å²) in [6.07, 6.45) is 1.94. The van der Waals surface area contributed by atoms with Crippen molar-refractivity contribution < 1.29 is 0 Å². The Bertz CT molecular complexity index is 1860. The van der Waals surface area contributed by atoms with Crippen LogP contribution in [0.3, 0.4) is 0 Å². The van der Waals surface area contributed by atoms with Crippen molar-refractivity contribution >= 4 is 39.0 Å². The van der Waals surface area contributed by atoms with Gasteiger partial charge in [0.1, 0.15) is 5.82 Å². The first kappa shape index (κ1) is 22.0. The van der Waals surface area contributed by atoms with E-state index in [1.54, 1.807) is 0 Å². The highest BCUT2D eigenvalue weighted by Gasteiger charge is 2.16. The number of aromatic nitrogens is 3. The van der Waals surface area contributed by atoms with Gasteiger partial charge in [0, 0.05) is 28.0 Å². The fraction of sp³-hybridized carbons (Fsp3) is 0. The zero-order valence-electron chi connectivity index (χ0n) is 20.6. The molecule has 2 heterocycles. The fourth-order valence-corrected chi connectivity index (χ4v) is 5.02. The Morgan fingerprint density at radius 2 is 1.16 bits per heavy atom. The Balaban J connectivity index is 1.36. The largest absolute Gasteiger partial charge is 0.309 e. The molecule has 180 valence electrons. The molecular weight excluding hydrogens is 464 g/mol. The van der Waals surface area contributed by atoms with Crippen LogP contribution in [0.15, 0.2) is 146 Å². The molecule has 0 aliphatic heterocycles. The van der Waals surface area contributed by atoms with Crippen LogP contribution >= 0.6 is 0 Å². The number of fused-ring (bicyclic) bond motifs is 2. The average Bonchev–Trinajstić information content (AvgIpc) is 3.38. The monoisotopic (exact) mass is 488 g/mol. The van der Waals surface area contributed by atoms with E-state index in [9.17, 15) is 0 Å². The molecule has 0 radical (unpaired) electrons. The predicted molar refractivity (Wildman–Crippen MR) is 156 cm³/mol. The molecule has 2 aromatic heterocycles. The number of nitrogens with zero attached hydrogens (tertiary/aromatic N) is 4. The molecule has 4 heteroatoms. The summed E-state index contributed by atoms with van der Waals surface area (Å²) < 4.78 is 2.24. The summed E-state index contributed by atoms with van der Waals surface area (Å²) in [4.78, 5) is 12.0. The molecule has 7 rings (SSSR count). The third kappa shape index (κ3) is 3.89. The van der Waals surface area contributed by atoms with E-state index in [0.717, 1.165) is 56.1 Å². The van der Waals surface area contributed by atoms with Gasteiger partial charge < -0.3 is 4.90 Å². The normalized spacial score (nSPS) is 11.2. The maximum Gasteiger partial charge on any atom is 0.145 e. The lowest BCUT2D eigenvalue weighted by molar-refractivity contribution is 1.10. The van der Waals surface area contributed by atoms with Crippen LogP contribution in [0.1, 0.15) is 0 Å². The summed E-state index contributed by atoms with van der Waals surface area (Å²) in [6, 6.07) is 48.1. The van der Waals surface area contributed by atoms with Crippen LogP contribution < -0.4 is 4.90 Å². The van der Waals surface area contributed by atoms with Crippen molar-refractivity contribution in [1.29, 1.82) is 0 Å². The van der Waals surface area contributed by atoms with Gasteiger partial charge >= 0.3 is 0 Å². The summed E-state index contributed by atoms with van der Waals surface area (Å²) in [5, 5.41) is 1.11. The van der Waals surface area contributed by atoms with Crippen LogP contribution in [-0.2, 0) is 0 Å². The van der Waals surface area contributed by atoms with Gasteiger partial charge in [-0.25, -0.2) is 4.98 Å². The van der Waals surface area contributed by atoms with Crippen molar-refractivity contribution in [3.05, 3.63) is 146 Å². The molecule has 0 amide bonds. The molecule has 0 bridgehead atoms. The number of pyridine rings is 1. The van der Waals surface area contributed by atoms with Gasteiger partial charge in [-0.2, -0.15) is 0 Å². The van der Waals surface area contributed by atoms with Gasteiger partial charge in [-0.1, -0.05) is 78.9 Å². The first-order valence-corrected chi connectivity index (χ1v) is 12.7. The quantitative estimate of drug-likeness (QED) is 0.243. The summed E-state index contributed by atoms with van der Waals surface area (Å²) in [7, 11) is 0. The highest BCUT2D eigenvalue weighted by molar-refractivity contribution is 5.87. The number of benzene rings is 5. The molecule has 0 unspecified atom stereocenters. The molecular formula is C34H24N4. The van der Waals surface area contributed by atoms with Crippen molar-refractivity contribution in [1.82, 2.24) is 14.5 Å². The molecule has 4 nitrogen and oxygen atoms in total. The second-order valence-corrected chi connectivity index (χ2v) is 9.20. The van der Waals surface area contributed by atoms with Crippen LogP contribution in [0, 0.1) is 0 Å². The third-order valence-electron chi connectivity index (χ3n) is 6.81. The first-order valence-electron chi connectivity index (χ1n) is 12.7. The number of imidazole rings is 1. The van der Waals surface area contributed by atoms with Crippen molar-refractivity contribution in [2.45, 2.75) is 0 Å². The zero-order valence-corrected chi connectivity index (χ0v) is 20.6. The van der Waals surface area contributed by atoms with E-state index < -0.39 is 0 Å². The summed E-state index contributed by atoms with van der Waals surface area (Å²) in [5.41, 5.74) is 8.34. The Hall–Kier alpha value is -5.22. The van der Waals surface area contributed by atoms with E-state index in [-0.39, 0.29) is 0 Å². The Morgan fingerprint density at radius 1 is 0.526 bits per heavy atom. The second-order valence-electron chi connectivity index (χ2n) is 9.20. The summed E-state index contributed by atoms with van der Waals surface area (Å²) in [5.74, 6) is 0.929. The van der Waals surface area contributed by atoms with Gasteiger partial charge in [0.05, 0.1) is 28.4 Å². The van der Waals surface area contributed by atoms with Gasteiger partial charge in [-0.15, -0.1) is 0 Å². The SMILES string of the molecule is c1ccc(-c2nc3ccccc3n2-c2ccc(N(c3ccccc3)c3cnc4ccccc4c3)cc2)cc1. The molecule has 38 heavy (non-hydrogen) atoms. The molecule has 0 saturated heterocycles. The molecule has 0 aliphatic rings. The number of hydrogen-bond acceptors (Lipinski definition) is 3. The van der Waals surface area contributed by atoms with Gasteiger partial charge in [0.2, 0.25) is 0 Å². The molecule has 0 atom stereocenters. The van der Waals surface area contributed by atoms with E-state index in [1.165, 1.54) is 0 Å². The molecule has 0 fully saturated rings. The minimum Gasteiger partial charge on any atom is -0.309 e. The predicted octanol–water partition coefficient (Wildman–Crippen LogP) is 8.71. The maximum atomic E-state index is 4.99.